The van der Waals surface area contributed by atoms with E-state index in [-0.39, 0.29) is 41.5 Å². The van der Waals surface area contributed by atoms with E-state index < -0.39 is 9.84 Å². The number of halogens is 1. The van der Waals surface area contributed by atoms with E-state index in [4.69, 9.17) is 0 Å². The van der Waals surface area contributed by atoms with Gasteiger partial charge in [0.15, 0.2) is 9.84 Å². The number of carbonyl (C=O) groups is 1. The zero-order chi connectivity index (χ0) is 19.4. The van der Waals surface area contributed by atoms with Crippen molar-refractivity contribution >= 4 is 21.6 Å². The number of sulfone groups is 1. The van der Waals surface area contributed by atoms with Gasteiger partial charge in [0.1, 0.15) is 17.3 Å². The van der Waals surface area contributed by atoms with Gasteiger partial charge in [-0.15, -0.1) is 0 Å². The van der Waals surface area contributed by atoms with Crippen LogP contribution in [0.15, 0.2) is 36.7 Å². The maximum atomic E-state index is 13.6. The number of nitrogens with zero attached hydrogens (tertiary/aromatic N) is 3. The average molecular weight is 392 g/mol. The van der Waals surface area contributed by atoms with E-state index in [0.29, 0.717) is 24.3 Å². The molecule has 1 amide bonds. The Morgan fingerprint density at radius 1 is 1.30 bits per heavy atom. The number of benzene rings is 1. The molecule has 0 radical (unpaired) electrons. The van der Waals surface area contributed by atoms with Crippen LogP contribution in [0.3, 0.4) is 0 Å². The van der Waals surface area contributed by atoms with Crippen molar-refractivity contribution in [3.63, 3.8) is 0 Å². The molecule has 1 atom stereocenters. The summed E-state index contributed by atoms with van der Waals surface area (Å²) in [7, 11) is -3.08. The van der Waals surface area contributed by atoms with E-state index in [1.807, 2.05) is 0 Å². The molecule has 1 aliphatic heterocycles. The summed E-state index contributed by atoms with van der Waals surface area (Å²) in [5, 5.41) is 2.96. The summed E-state index contributed by atoms with van der Waals surface area (Å²) < 4.78 is 37.0. The molecule has 1 aromatic carbocycles. The summed E-state index contributed by atoms with van der Waals surface area (Å²) in [6, 6.07) is 6.09. The lowest BCUT2D eigenvalue weighted by molar-refractivity contribution is 0.0702. The van der Waals surface area contributed by atoms with E-state index in [1.165, 1.54) is 23.4 Å². The fraction of sp³-hybridized carbons (Fsp3) is 0.389. The van der Waals surface area contributed by atoms with E-state index in [0.717, 1.165) is 0 Å². The highest BCUT2D eigenvalue weighted by molar-refractivity contribution is 7.91. The summed E-state index contributed by atoms with van der Waals surface area (Å²) in [4.78, 5) is 22.5. The first-order chi connectivity index (χ1) is 12.9. The first kappa shape index (κ1) is 19.2. The lowest BCUT2D eigenvalue weighted by Crippen LogP contribution is -2.41. The van der Waals surface area contributed by atoms with Gasteiger partial charge in [0.25, 0.3) is 5.91 Å². The molecule has 144 valence electrons. The first-order valence-electron chi connectivity index (χ1n) is 8.70. The minimum absolute atomic E-state index is 0.0116. The van der Waals surface area contributed by atoms with Gasteiger partial charge >= 0.3 is 0 Å². The zero-order valence-corrected chi connectivity index (χ0v) is 15.7. The van der Waals surface area contributed by atoms with Crippen LogP contribution in [0, 0.1) is 5.82 Å². The molecule has 2 heterocycles. The third kappa shape index (κ3) is 4.60. The highest BCUT2D eigenvalue weighted by Crippen LogP contribution is 2.19. The average Bonchev–Trinajstić information content (AvgIpc) is 3.01. The number of rotatable bonds is 6. The smallest absolute Gasteiger partial charge is 0.274 e. The molecule has 9 heteroatoms. The maximum Gasteiger partial charge on any atom is 0.274 e. The molecular formula is C18H21FN4O3S. The minimum atomic E-state index is -3.08. The number of carbonyl (C=O) groups excluding carboxylic acids is 1. The fourth-order valence-corrected chi connectivity index (χ4v) is 4.82. The molecule has 1 unspecified atom stereocenters. The third-order valence-corrected chi connectivity index (χ3v) is 6.29. The first-order valence-corrected chi connectivity index (χ1v) is 10.5. The second-order valence-corrected chi connectivity index (χ2v) is 8.61. The number of amides is 1. The number of hydrogen-bond acceptors (Lipinski definition) is 6. The number of nitrogens with one attached hydrogen (secondary N) is 1. The van der Waals surface area contributed by atoms with Crippen molar-refractivity contribution in [2.45, 2.75) is 25.9 Å². The third-order valence-electron chi connectivity index (χ3n) is 4.54. The molecule has 1 aliphatic rings. The second-order valence-electron chi connectivity index (χ2n) is 6.38. The van der Waals surface area contributed by atoms with Crippen molar-refractivity contribution in [2.75, 3.05) is 23.4 Å². The standard InChI is InChI=1S/C18H21FN4O3S/c1-2-23(14-7-8-27(25,26)12-14)18(24)16-10-22-17(11-20-16)21-9-13-5-3-4-6-15(13)19/h3-6,10-11,14H,2,7-9,12H2,1H3,(H,21,22). The fourth-order valence-electron chi connectivity index (χ4n) is 3.09. The van der Waals surface area contributed by atoms with E-state index >= 15 is 0 Å². The predicted molar refractivity (Wildman–Crippen MR) is 99.5 cm³/mol. The summed E-state index contributed by atoms with van der Waals surface area (Å²) in [5.41, 5.74) is 0.650. The van der Waals surface area contributed by atoms with Crippen LogP contribution in [0.4, 0.5) is 10.2 Å². The van der Waals surface area contributed by atoms with Crippen LogP contribution in [-0.2, 0) is 16.4 Å². The van der Waals surface area contributed by atoms with Gasteiger partial charge in [-0.1, -0.05) is 18.2 Å². The van der Waals surface area contributed by atoms with Crippen molar-refractivity contribution < 1.29 is 17.6 Å². The van der Waals surface area contributed by atoms with Crippen LogP contribution >= 0.6 is 0 Å². The molecule has 27 heavy (non-hydrogen) atoms. The Morgan fingerprint density at radius 2 is 2.07 bits per heavy atom. The Balaban J connectivity index is 1.65. The van der Waals surface area contributed by atoms with E-state index in [2.05, 4.69) is 15.3 Å². The second kappa shape index (κ2) is 7.99. The van der Waals surface area contributed by atoms with Crippen LogP contribution in [0.1, 0.15) is 29.4 Å². The van der Waals surface area contributed by atoms with Crippen LogP contribution in [0.25, 0.3) is 0 Å². The normalized spacial score (nSPS) is 18.2. The molecular weight excluding hydrogens is 371 g/mol. The van der Waals surface area contributed by atoms with Gasteiger partial charge in [0.05, 0.1) is 23.9 Å². The van der Waals surface area contributed by atoms with Crippen molar-refractivity contribution in [1.29, 1.82) is 0 Å². The Morgan fingerprint density at radius 3 is 2.67 bits per heavy atom. The monoisotopic (exact) mass is 392 g/mol. The lowest BCUT2D eigenvalue weighted by atomic mass is 10.2. The van der Waals surface area contributed by atoms with Gasteiger partial charge in [-0.2, -0.15) is 0 Å². The topological polar surface area (TPSA) is 92.3 Å². The number of anilines is 1. The Hall–Kier alpha value is -2.55. The predicted octanol–water partition coefficient (Wildman–Crippen LogP) is 1.88. The van der Waals surface area contributed by atoms with Gasteiger partial charge in [-0.25, -0.2) is 22.8 Å². The summed E-state index contributed by atoms with van der Waals surface area (Å²) in [6.45, 7) is 2.45. The van der Waals surface area contributed by atoms with Crippen LogP contribution < -0.4 is 5.32 Å². The SMILES string of the molecule is CCN(C(=O)c1cnc(NCc2ccccc2F)cn1)C1CCS(=O)(=O)C1. The largest absolute Gasteiger partial charge is 0.365 e. The molecule has 1 saturated heterocycles. The zero-order valence-electron chi connectivity index (χ0n) is 14.9. The molecule has 1 fully saturated rings. The molecule has 1 N–H and O–H groups in total. The Labute approximate surface area is 157 Å². The lowest BCUT2D eigenvalue weighted by Gasteiger charge is -2.26. The van der Waals surface area contributed by atoms with Gasteiger partial charge in [0.2, 0.25) is 0 Å². The van der Waals surface area contributed by atoms with E-state index in [1.54, 1.807) is 25.1 Å². The molecule has 0 spiro atoms. The van der Waals surface area contributed by atoms with Crippen molar-refractivity contribution in [3.8, 4) is 0 Å². The molecule has 0 saturated carbocycles. The summed E-state index contributed by atoms with van der Waals surface area (Å²) in [5.74, 6) is -0.141. The Kier molecular flexibility index (Phi) is 5.69. The summed E-state index contributed by atoms with van der Waals surface area (Å²) in [6.07, 6.45) is 3.20. The molecule has 2 aromatic rings. The highest BCUT2D eigenvalue weighted by atomic mass is 32.2. The van der Waals surface area contributed by atoms with Crippen molar-refractivity contribution in [2.24, 2.45) is 0 Å². The van der Waals surface area contributed by atoms with Gasteiger partial charge in [-0.05, 0) is 19.4 Å². The molecule has 1 aromatic heterocycles. The number of hydrogen-bond donors (Lipinski definition) is 1. The van der Waals surface area contributed by atoms with Gasteiger partial charge in [-0.3, -0.25) is 4.79 Å². The minimum Gasteiger partial charge on any atom is -0.365 e. The Bertz CT molecular complexity index is 918. The molecule has 7 nitrogen and oxygen atoms in total. The van der Waals surface area contributed by atoms with Gasteiger partial charge < -0.3 is 10.2 Å². The van der Waals surface area contributed by atoms with Crippen LogP contribution in [0.2, 0.25) is 0 Å². The van der Waals surface area contributed by atoms with Crippen molar-refractivity contribution in [1.82, 2.24) is 14.9 Å². The quantitative estimate of drug-likeness (QED) is 0.807. The van der Waals surface area contributed by atoms with Crippen LogP contribution in [-0.4, -0.2) is 53.3 Å². The highest BCUT2D eigenvalue weighted by Gasteiger charge is 2.34. The van der Waals surface area contributed by atoms with Crippen LogP contribution in [0.5, 0.6) is 0 Å². The molecule has 0 bridgehead atoms. The molecule has 0 aliphatic carbocycles. The number of aromatic nitrogens is 2. The molecule has 3 rings (SSSR count). The summed E-state index contributed by atoms with van der Waals surface area (Å²) >= 11 is 0. The maximum absolute atomic E-state index is 13.6. The van der Waals surface area contributed by atoms with Gasteiger partial charge in [0, 0.05) is 24.7 Å². The van der Waals surface area contributed by atoms with Crippen molar-refractivity contribution in [3.05, 3.63) is 53.7 Å². The van der Waals surface area contributed by atoms with E-state index in [9.17, 15) is 17.6 Å².